The van der Waals surface area contributed by atoms with Crippen LogP contribution in [0, 0.1) is 0 Å². The summed E-state index contributed by atoms with van der Waals surface area (Å²) in [6, 6.07) is 2.33. The Morgan fingerprint density at radius 2 is 1.88 bits per heavy atom. The smallest absolute Gasteiger partial charge is 0.351 e. The standard InChI is InChI=1S/C15H9F3N4O3/c16-15(17,18)7-2-1-3-8(4-7)22-12(23)11-10-5-9(21(11)14(22)25)6-20(10)13(19)24/h1-4,6H,5H2,(H2,19,24). The Morgan fingerprint density at radius 1 is 1.16 bits per heavy atom. The second kappa shape index (κ2) is 4.62. The van der Waals surface area contributed by atoms with Crippen molar-refractivity contribution < 1.29 is 27.6 Å². The van der Waals surface area contributed by atoms with Crippen LogP contribution >= 0.6 is 0 Å². The lowest BCUT2D eigenvalue weighted by atomic mass is 10.2. The number of nitrogens with two attached hydrogens (primary N) is 1. The molecule has 0 aliphatic carbocycles. The fourth-order valence-electron chi connectivity index (χ4n) is 3.11. The molecule has 0 radical (unpaired) electrons. The summed E-state index contributed by atoms with van der Waals surface area (Å²) in [5, 5.41) is 0. The number of alkyl halides is 3. The Hall–Kier alpha value is -3.30. The predicted octanol–water partition coefficient (Wildman–Crippen LogP) is 2.33. The van der Waals surface area contributed by atoms with E-state index in [4.69, 9.17) is 5.73 Å². The number of imide groups is 1. The van der Waals surface area contributed by atoms with Crippen LogP contribution in [0.5, 0.6) is 0 Å². The fourth-order valence-corrected chi connectivity index (χ4v) is 3.11. The molecule has 2 bridgehead atoms. The fraction of sp³-hybridized carbons (Fsp3) is 0.133. The molecule has 0 spiro atoms. The van der Waals surface area contributed by atoms with Gasteiger partial charge in [-0.2, -0.15) is 13.2 Å². The summed E-state index contributed by atoms with van der Waals surface area (Å²) in [7, 11) is 0. The second-order valence-electron chi connectivity index (χ2n) is 5.61. The molecule has 128 valence electrons. The topological polar surface area (TPSA) is 87.0 Å². The lowest BCUT2D eigenvalue weighted by molar-refractivity contribution is -0.137. The van der Waals surface area contributed by atoms with Gasteiger partial charge < -0.3 is 5.73 Å². The predicted molar refractivity (Wildman–Crippen MR) is 77.3 cm³/mol. The number of anilines is 1. The van der Waals surface area contributed by atoms with Crippen LogP contribution in [0.2, 0.25) is 0 Å². The molecule has 1 fully saturated rings. The first kappa shape index (κ1) is 15.2. The van der Waals surface area contributed by atoms with Gasteiger partial charge in [0.05, 0.1) is 22.6 Å². The highest BCUT2D eigenvalue weighted by molar-refractivity contribution is 6.28. The molecule has 0 unspecified atom stereocenters. The molecule has 3 aliphatic heterocycles. The van der Waals surface area contributed by atoms with Crippen molar-refractivity contribution in [2.75, 3.05) is 4.90 Å². The van der Waals surface area contributed by atoms with Crippen LogP contribution in [-0.2, 0) is 11.0 Å². The number of rotatable bonds is 1. The van der Waals surface area contributed by atoms with E-state index in [1.54, 1.807) is 0 Å². The molecular formula is C15H9F3N4O3. The van der Waals surface area contributed by atoms with Gasteiger partial charge in [-0.15, -0.1) is 0 Å². The molecule has 3 aliphatic rings. The SMILES string of the molecule is NC(=O)N1C=C2CC1=C1C(=O)N(c3cccc(C(F)(F)F)c3)C(=O)N21. The first-order valence-corrected chi connectivity index (χ1v) is 7.08. The molecule has 10 heteroatoms. The monoisotopic (exact) mass is 350 g/mol. The van der Waals surface area contributed by atoms with Crippen LogP contribution in [0.1, 0.15) is 12.0 Å². The minimum Gasteiger partial charge on any atom is -0.351 e. The third kappa shape index (κ3) is 1.96. The van der Waals surface area contributed by atoms with E-state index in [1.165, 1.54) is 12.3 Å². The zero-order chi connectivity index (χ0) is 18.1. The number of nitrogens with zero attached hydrogens (tertiary/aromatic N) is 3. The van der Waals surface area contributed by atoms with Gasteiger partial charge in [0.15, 0.2) is 0 Å². The summed E-state index contributed by atoms with van der Waals surface area (Å²) in [6.45, 7) is 0. The molecule has 0 atom stereocenters. The molecule has 3 heterocycles. The third-order valence-corrected chi connectivity index (χ3v) is 4.16. The van der Waals surface area contributed by atoms with E-state index >= 15 is 0 Å². The molecule has 0 aromatic heterocycles. The van der Waals surface area contributed by atoms with Crippen LogP contribution in [0.15, 0.2) is 47.6 Å². The number of fused-ring (bicyclic) bond motifs is 4. The van der Waals surface area contributed by atoms with E-state index in [0.717, 1.165) is 28.0 Å². The van der Waals surface area contributed by atoms with E-state index in [2.05, 4.69) is 0 Å². The first-order valence-electron chi connectivity index (χ1n) is 7.08. The summed E-state index contributed by atoms with van der Waals surface area (Å²) >= 11 is 0. The molecule has 7 nitrogen and oxygen atoms in total. The molecule has 2 N–H and O–H groups in total. The van der Waals surface area contributed by atoms with Crippen LogP contribution in [0.25, 0.3) is 0 Å². The van der Waals surface area contributed by atoms with Crippen molar-refractivity contribution in [3.05, 3.63) is 53.1 Å². The van der Waals surface area contributed by atoms with E-state index < -0.39 is 29.7 Å². The lowest BCUT2D eigenvalue weighted by Gasteiger charge is -2.19. The summed E-state index contributed by atoms with van der Waals surface area (Å²) < 4.78 is 38.6. The van der Waals surface area contributed by atoms with E-state index in [9.17, 15) is 27.6 Å². The quantitative estimate of drug-likeness (QED) is 0.789. The number of urea groups is 2. The van der Waals surface area contributed by atoms with Crippen molar-refractivity contribution in [3.63, 3.8) is 0 Å². The largest absolute Gasteiger partial charge is 0.416 e. The molecule has 1 aromatic carbocycles. The minimum atomic E-state index is -4.61. The van der Waals surface area contributed by atoms with Crippen molar-refractivity contribution >= 4 is 23.7 Å². The van der Waals surface area contributed by atoms with E-state index in [-0.39, 0.29) is 23.5 Å². The number of carbonyl (C=O) groups excluding carboxylic acids is 3. The molecule has 25 heavy (non-hydrogen) atoms. The number of amides is 5. The Labute approximate surface area is 138 Å². The summed E-state index contributed by atoms with van der Waals surface area (Å²) in [5.41, 5.74) is 4.60. The second-order valence-corrected chi connectivity index (χ2v) is 5.61. The molecular weight excluding hydrogens is 341 g/mol. The summed E-state index contributed by atoms with van der Waals surface area (Å²) in [4.78, 5) is 39.4. The van der Waals surface area contributed by atoms with Crippen molar-refractivity contribution in [2.45, 2.75) is 12.6 Å². The van der Waals surface area contributed by atoms with Crippen molar-refractivity contribution in [2.24, 2.45) is 5.73 Å². The van der Waals surface area contributed by atoms with Crippen molar-refractivity contribution in [1.82, 2.24) is 9.80 Å². The molecule has 4 rings (SSSR count). The summed E-state index contributed by atoms with van der Waals surface area (Å²) in [6.07, 6.45) is -3.08. The van der Waals surface area contributed by atoms with E-state index in [0.29, 0.717) is 10.6 Å². The highest BCUT2D eigenvalue weighted by Crippen LogP contribution is 2.45. The van der Waals surface area contributed by atoms with Gasteiger partial charge in [0.1, 0.15) is 5.70 Å². The van der Waals surface area contributed by atoms with Gasteiger partial charge in [0, 0.05) is 12.6 Å². The van der Waals surface area contributed by atoms with E-state index in [1.807, 2.05) is 0 Å². The number of primary amides is 1. The average molecular weight is 350 g/mol. The third-order valence-electron chi connectivity index (χ3n) is 4.16. The van der Waals surface area contributed by atoms with Crippen LogP contribution in [-0.4, -0.2) is 27.8 Å². The molecule has 5 amide bonds. The minimum absolute atomic E-state index is 0.0567. The number of halogens is 3. The Kier molecular flexibility index (Phi) is 2.82. The summed E-state index contributed by atoms with van der Waals surface area (Å²) in [5.74, 6) is -0.798. The maximum Gasteiger partial charge on any atom is 0.416 e. The Balaban J connectivity index is 1.78. The molecule has 0 saturated carbocycles. The first-order chi connectivity index (χ1) is 11.7. The maximum absolute atomic E-state index is 12.9. The van der Waals surface area contributed by atoms with Gasteiger partial charge in [0.25, 0.3) is 5.91 Å². The molecule has 1 saturated heterocycles. The molecule has 1 aromatic rings. The van der Waals surface area contributed by atoms with Crippen molar-refractivity contribution in [3.8, 4) is 0 Å². The zero-order valence-electron chi connectivity index (χ0n) is 12.4. The van der Waals surface area contributed by atoms with Gasteiger partial charge in [-0.3, -0.25) is 14.6 Å². The van der Waals surface area contributed by atoms with Gasteiger partial charge in [-0.1, -0.05) is 6.07 Å². The average Bonchev–Trinajstić information content (AvgIpc) is 3.18. The number of carbonyl (C=O) groups is 3. The van der Waals surface area contributed by atoms with Crippen LogP contribution < -0.4 is 10.6 Å². The van der Waals surface area contributed by atoms with Gasteiger partial charge >= 0.3 is 18.2 Å². The maximum atomic E-state index is 12.9. The lowest BCUT2D eigenvalue weighted by Crippen LogP contribution is -2.33. The number of hydrogen-bond donors (Lipinski definition) is 1. The zero-order valence-corrected chi connectivity index (χ0v) is 12.4. The highest BCUT2D eigenvalue weighted by atomic mass is 19.4. The van der Waals surface area contributed by atoms with Crippen LogP contribution in [0.4, 0.5) is 28.4 Å². The van der Waals surface area contributed by atoms with Gasteiger partial charge in [0.2, 0.25) is 0 Å². The Bertz CT molecular complexity index is 919. The normalized spacial score (nSPS) is 19.2. The Morgan fingerprint density at radius 3 is 2.52 bits per heavy atom. The van der Waals surface area contributed by atoms with Crippen LogP contribution in [0.3, 0.4) is 0 Å². The number of benzene rings is 1. The number of hydrogen-bond acceptors (Lipinski definition) is 3. The highest BCUT2D eigenvalue weighted by Gasteiger charge is 2.53. The van der Waals surface area contributed by atoms with Gasteiger partial charge in [-0.25, -0.2) is 14.5 Å². The van der Waals surface area contributed by atoms with Gasteiger partial charge in [-0.05, 0) is 18.2 Å². The van der Waals surface area contributed by atoms with Crippen molar-refractivity contribution in [1.29, 1.82) is 0 Å².